The number of unbranched alkanes of at least 4 members (excludes halogenated alkanes) is 14. The summed E-state index contributed by atoms with van der Waals surface area (Å²) >= 11 is 0. The lowest BCUT2D eigenvalue weighted by Gasteiger charge is -2.36. The van der Waals surface area contributed by atoms with Gasteiger partial charge in [-0.25, -0.2) is 0 Å². The van der Waals surface area contributed by atoms with Crippen LogP contribution in [-0.2, 0) is 23.2 Å². The van der Waals surface area contributed by atoms with Crippen molar-refractivity contribution in [3.63, 3.8) is 0 Å². The van der Waals surface area contributed by atoms with Crippen molar-refractivity contribution in [2.24, 2.45) is 0 Å². The minimum atomic E-state index is -0.870. The summed E-state index contributed by atoms with van der Waals surface area (Å²) < 4.78 is 13.2. The molecule has 0 spiro atoms. The van der Waals surface area contributed by atoms with Crippen molar-refractivity contribution >= 4 is 0 Å². The van der Waals surface area contributed by atoms with E-state index in [1.165, 1.54) is 107 Å². The van der Waals surface area contributed by atoms with Crippen molar-refractivity contribution in [1.29, 1.82) is 0 Å². The van der Waals surface area contributed by atoms with E-state index in [4.69, 9.17) is 9.47 Å². The first-order valence-corrected chi connectivity index (χ1v) is 20.4. The third-order valence-corrected chi connectivity index (χ3v) is 10.2. The molecule has 276 valence electrons. The molecule has 0 saturated carbocycles. The van der Waals surface area contributed by atoms with E-state index in [1.807, 2.05) is 54.6 Å². The second-order valence-corrected chi connectivity index (χ2v) is 14.4. The molecule has 0 aromatic heterocycles. The van der Waals surface area contributed by atoms with E-state index >= 15 is 0 Å². The zero-order valence-electron chi connectivity index (χ0n) is 31.9. The molecular formula is C48H66O3. The lowest BCUT2D eigenvalue weighted by molar-refractivity contribution is -0.0494. The molecule has 3 heteroatoms. The van der Waals surface area contributed by atoms with Crippen molar-refractivity contribution < 1.29 is 14.6 Å². The number of ether oxygens (including phenoxy) is 2. The van der Waals surface area contributed by atoms with Gasteiger partial charge in [0.1, 0.15) is 24.1 Å². The van der Waals surface area contributed by atoms with Gasteiger partial charge in [-0.1, -0.05) is 207 Å². The summed E-state index contributed by atoms with van der Waals surface area (Å²) in [6, 6.07) is 37.7. The van der Waals surface area contributed by atoms with Crippen LogP contribution in [0.3, 0.4) is 0 Å². The number of benzene rings is 4. The van der Waals surface area contributed by atoms with E-state index in [-0.39, 0.29) is 13.2 Å². The summed E-state index contributed by atoms with van der Waals surface area (Å²) in [5, 5.41) is 11.3. The van der Waals surface area contributed by atoms with Gasteiger partial charge in [0.05, 0.1) is 6.61 Å². The Morgan fingerprint density at radius 1 is 0.490 bits per heavy atom. The van der Waals surface area contributed by atoms with E-state index in [2.05, 4.69) is 68.4 Å². The highest BCUT2D eigenvalue weighted by Crippen LogP contribution is 2.40. The maximum absolute atomic E-state index is 11.3. The first kappa shape index (κ1) is 40.4. The second-order valence-electron chi connectivity index (χ2n) is 14.4. The molecule has 0 aliphatic rings. The number of aliphatic hydroxyl groups is 1. The van der Waals surface area contributed by atoms with Gasteiger partial charge < -0.3 is 14.6 Å². The van der Waals surface area contributed by atoms with Gasteiger partial charge in [0.15, 0.2) is 0 Å². The van der Waals surface area contributed by atoms with Crippen LogP contribution in [0.2, 0.25) is 0 Å². The minimum absolute atomic E-state index is 0.127. The molecule has 0 aliphatic heterocycles. The Balaban J connectivity index is 1.33. The van der Waals surface area contributed by atoms with Crippen LogP contribution in [0.5, 0.6) is 5.75 Å². The van der Waals surface area contributed by atoms with Gasteiger partial charge in [-0.3, -0.25) is 0 Å². The highest BCUT2D eigenvalue weighted by Gasteiger charge is 2.38. The maximum atomic E-state index is 11.3. The number of aliphatic hydroxyl groups excluding tert-OH is 1. The standard InChI is InChI=1S/C48H66O3/c1-3-5-7-9-10-11-12-13-14-15-16-20-28-41-36-37-47(42(38-41)29-21-8-6-4-2)50-39-46(49)40-51-48(43-30-22-17-23-31-43,44-32-24-18-25-33-44)45-34-26-19-27-35-45/h17-19,22-27,30-38,46,49H,3-16,20-21,28-29,39-40H2,1-2H3. The van der Waals surface area contributed by atoms with Gasteiger partial charge in [0.25, 0.3) is 0 Å². The number of aryl methyl sites for hydroxylation is 2. The fourth-order valence-electron chi connectivity index (χ4n) is 7.26. The van der Waals surface area contributed by atoms with Crippen LogP contribution < -0.4 is 4.74 Å². The third-order valence-electron chi connectivity index (χ3n) is 10.2. The smallest absolute Gasteiger partial charge is 0.143 e. The van der Waals surface area contributed by atoms with Crippen molar-refractivity contribution in [2.45, 2.75) is 141 Å². The molecule has 3 nitrogen and oxygen atoms in total. The molecule has 0 radical (unpaired) electrons. The van der Waals surface area contributed by atoms with Crippen LogP contribution in [0.25, 0.3) is 0 Å². The van der Waals surface area contributed by atoms with Gasteiger partial charge in [-0.05, 0) is 59.6 Å². The molecule has 1 unspecified atom stereocenters. The van der Waals surface area contributed by atoms with Crippen molar-refractivity contribution in [3.8, 4) is 5.75 Å². The topological polar surface area (TPSA) is 38.7 Å². The fourth-order valence-corrected chi connectivity index (χ4v) is 7.26. The fraction of sp³-hybridized carbons (Fsp3) is 0.500. The van der Waals surface area contributed by atoms with E-state index in [0.29, 0.717) is 0 Å². The van der Waals surface area contributed by atoms with Crippen LogP contribution in [0, 0.1) is 0 Å². The van der Waals surface area contributed by atoms with E-state index in [9.17, 15) is 5.11 Å². The predicted molar refractivity (Wildman–Crippen MR) is 216 cm³/mol. The molecule has 4 aromatic rings. The zero-order chi connectivity index (χ0) is 35.8. The average molecular weight is 691 g/mol. The Morgan fingerprint density at radius 2 is 0.922 bits per heavy atom. The summed E-state index contributed by atoms with van der Waals surface area (Å²) in [5.74, 6) is 0.893. The summed E-state index contributed by atoms with van der Waals surface area (Å²) in [6.07, 6.45) is 22.7. The Morgan fingerprint density at radius 3 is 1.41 bits per heavy atom. The lowest BCUT2D eigenvalue weighted by atomic mass is 9.80. The molecule has 0 fully saturated rings. The molecule has 4 aromatic carbocycles. The lowest BCUT2D eigenvalue weighted by Crippen LogP contribution is -2.37. The van der Waals surface area contributed by atoms with E-state index in [0.717, 1.165) is 41.7 Å². The summed E-state index contributed by atoms with van der Waals surface area (Å²) in [4.78, 5) is 0. The van der Waals surface area contributed by atoms with Gasteiger partial charge >= 0.3 is 0 Å². The summed E-state index contributed by atoms with van der Waals surface area (Å²) in [7, 11) is 0. The van der Waals surface area contributed by atoms with Crippen molar-refractivity contribution in [3.05, 3.63) is 137 Å². The molecule has 51 heavy (non-hydrogen) atoms. The molecular weight excluding hydrogens is 625 g/mol. The molecule has 1 atom stereocenters. The number of hydrogen-bond donors (Lipinski definition) is 1. The van der Waals surface area contributed by atoms with Gasteiger partial charge in [0, 0.05) is 0 Å². The Bertz CT molecular complexity index is 1340. The van der Waals surface area contributed by atoms with Gasteiger partial charge in [-0.15, -0.1) is 0 Å². The predicted octanol–water partition coefficient (Wildman–Crippen LogP) is 12.8. The molecule has 0 aliphatic carbocycles. The first-order chi connectivity index (χ1) is 25.2. The average Bonchev–Trinajstić information content (AvgIpc) is 3.18. The molecule has 1 N–H and O–H groups in total. The largest absolute Gasteiger partial charge is 0.491 e. The Hall–Kier alpha value is -3.40. The normalized spacial score (nSPS) is 12.2. The highest BCUT2D eigenvalue weighted by molar-refractivity contribution is 5.47. The van der Waals surface area contributed by atoms with Gasteiger partial charge in [0.2, 0.25) is 0 Å². The second kappa shape index (κ2) is 24.0. The van der Waals surface area contributed by atoms with Crippen molar-refractivity contribution in [2.75, 3.05) is 13.2 Å². The monoisotopic (exact) mass is 691 g/mol. The van der Waals surface area contributed by atoms with E-state index < -0.39 is 11.7 Å². The number of hydrogen-bond acceptors (Lipinski definition) is 3. The van der Waals surface area contributed by atoms with Gasteiger partial charge in [-0.2, -0.15) is 0 Å². The Labute approximate surface area is 310 Å². The first-order valence-electron chi connectivity index (χ1n) is 20.4. The van der Waals surface area contributed by atoms with Crippen LogP contribution in [0.15, 0.2) is 109 Å². The quantitative estimate of drug-likeness (QED) is 0.0500. The number of rotatable bonds is 27. The zero-order valence-corrected chi connectivity index (χ0v) is 31.9. The summed E-state index contributed by atoms with van der Waals surface area (Å²) in [5.41, 5.74) is 4.87. The molecule has 0 amide bonds. The van der Waals surface area contributed by atoms with Crippen LogP contribution in [-0.4, -0.2) is 24.4 Å². The van der Waals surface area contributed by atoms with Crippen LogP contribution >= 0.6 is 0 Å². The van der Waals surface area contributed by atoms with Crippen LogP contribution in [0.4, 0.5) is 0 Å². The third kappa shape index (κ3) is 13.6. The molecule has 0 heterocycles. The minimum Gasteiger partial charge on any atom is -0.491 e. The van der Waals surface area contributed by atoms with Crippen LogP contribution in [0.1, 0.15) is 144 Å². The van der Waals surface area contributed by atoms with E-state index in [1.54, 1.807) is 0 Å². The molecule has 0 bridgehead atoms. The molecule has 0 saturated heterocycles. The Kier molecular flexibility index (Phi) is 19.0. The SMILES string of the molecule is CCCCCCCCCCCCCCc1ccc(OCC(O)COC(c2ccccc2)(c2ccccc2)c2ccccc2)c(CCCCCC)c1. The highest BCUT2D eigenvalue weighted by atomic mass is 16.5. The summed E-state index contributed by atoms with van der Waals surface area (Å²) in [6.45, 7) is 4.85. The maximum Gasteiger partial charge on any atom is 0.143 e. The van der Waals surface area contributed by atoms with Crippen molar-refractivity contribution in [1.82, 2.24) is 0 Å². The molecule has 4 rings (SSSR count).